The lowest BCUT2D eigenvalue weighted by Gasteiger charge is -2.06. The van der Waals surface area contributed by atoms with Crippen LogP contribution in [0.3, 0.4) is 0 Å². The molecule has 0 saturated carbocycles. The fraction of sp³-hybridized carbons (Fsp3) is 0.167. The maximum absolute atomic E-state index is 5.58. The summed E-state index contributed by atoms with van der Waals surface area (Å²) in [5, 5.41) is 0. The first kappa shape index (κ1) is 10.4. The Labute approximate surface area is 84.7 Å². The van der Waals surface area contributed by atoms with Crippen LogP contribution in [-0.2, 0) is 0 Å². The van der Waals surface area contributed by atoms with Gasteiger partial charge < -0.3 is 10.5 Å². The number of aryl methyl sites for hydroxylation is 1. The lowest BCUT2D eigenvalue weighted by molar-refractivity contribution is 0.443. The van der Waals surface area contributed by atoms with Gasteiger partial charge in [-0.15, -0.1) is 0 Å². The van der Waals surface area contributed by atoms with Gasteiger partial charge in [0.2, 0.25) is 0 Å². The molecular weight excluding hydrogens is 174 g/mol. The summed E-state index contributed by atoms with van der Waals surface area (Å²) in [4.78, 5) is 0. The van der Waals surface area contributed by atoms with Crippen LogP contribution in [0.1, 0.15) is 12.5 Å². The van der Waals surface area contributed by atoms with E-state index in [9.17, 15) is 0 Å². The number of allylic oxidation sites excluding steroid dienone is 2. The molecule has 1 rings (SSSR count). The van der Waals surface area contributed by atoms with Crippen LogP contribution in [0.25, 0.3) is 0 Å². The van der Waals surface area contributed by atoms with E-state index in [1.165, 1.54) is 11.8 Å². The molecule has 1 aromatic carbocycles. The summed E-state index contributed by atoms with van der Waals surface area (Å²) in [6.45, 7) is 3.94. The van der Waals surface area contributed by atoms with Gasteiger partial charge in [0.25, 0.3) is 0 Å². The van der Waals surface area contributed by atoms with Crippen molar-refractivity contribution in [1.82, 2.24) is 0 Å². The number of hydrogen-bond donors (Lipinski definition) is 1. The van der Waals surface area contributed by atoms with Gasteiger partial charge in [-0.25, -0.2) is 0 Å². The largest absolute Gasteiger partial charge is 0.458 e. The van der Waals surface area contributed by atoms with Crippen LogP contribution in [0.5, 0.6) is 5.75 Å². The summed E-state index contributed by atoms with van der Waals surface area (Å²) < 4.78 is 5.58. The monoisotopic (exact) mass is 189 g/mol. The molecule has 0 aromatic heterocycles. The smallest absolute Gasteiger partial charge is 0.127 e. The molecule has 2 N–H and O–H groups in total. The van der Waals surface area contributed by atoms with Gasteiger partial charge in [-0.2, -0.15) is 0 Å². The molecule has 0 amide bonds. The lowest BCUT2D eigenvalue weighted by atomic mass is 10.2. The predicted octanol–water partition coefficient (Wildman–Crippen LogP) is 2.75. The Morgan fingerprint density at radius 1 is 1.43 bits per heavy atom. The number of ether oxygens (including phenoxy) is 1. The Morgan fingerprint density at radius 2 is 2.21 bits per heavy atom. The summed E-state index contributed by atoms with van der Waals surface area (Å²) in [5.74, 6) is 1.58. The topological polar surface area (TPSA) is 35.2 Å². The quantitative estimate of drug-likeness (QED) is 0.586. The number of nitrogens with two attached hydrogens (primary N) is 1. The normalized spacial score (nSPS) is 12.0. The van der Waals surface area contributed by atoms with Crippen LogP contribution in [0.4, 0.5) is 0 Å². The van der Waals surface area contributed by atoms with Gasteiger partial charge >= 0.3 is 0 Å². The van der Waals surface area contributed by atoms with Crippen LogP contribution < -0.4 is 10.5 Å². The molecule has 0 bridgehead atoms. The number of benzene rings is 1. The van der Waals surface area contributed by atoms with Crippen molar-refractivity contribution in [2.24, 2.45) is 5.73 Å². The Bertz CT molecular complexity index is 353. The summed E-state index contributed by atoms with van der Waals surface area (Å²) in [6, 6.07) is 7.89. The Morgan fingerprint density at radius 3 is 2.79 bits per heavy atom. The van der Waals surface area contributed by atoms with Crippen LogP contribution in [0, 0.1) is 6.92 Å². The average Bonchev–Trinajstić information content (AvgIpc) is 2.17. The second-order valence-electron chi connectivity index (χ2n) is 2.97. The van der Waals surface area contributed by atoms with E-state index in [1.807, 2.05) is 44.2 Å². The molecule has 0 radical (unpaired) electrons. The van der Waals surface area contributed by atoms with Crippen LogP contribution >= 0.6 is 0 Å². The summed E-state index contributed by atoms with van der Waals surface area (Å²) >= 11 is 0. The van der Waals surface area contributed by atoms with E-state index in [0.717, 1.165) is 11.5 Å². The van der Waals surface area contributed by atoms with E-state index in [1.54, 1.807) is 6.08 Å². The minimum Gasteiger partial charge on any atom is -0.458 e. The van der Waals surface area contributed by atoms with Gasteiger partial charge in [0.15, 0.2) is 0 Å². The zero-order chi connectivity index (χ0) is 10.4. The molecule has 1 aromatic rings. The molecular formula is C12H15NO. The van der Waals surface area contributed by atoms with Crippen molar-refractivity contribution >= 4 is 0 Å². The second-order valence-corrected chi connectivity index (χ2v) is 2.97. The fourth-order valence-electron chi connectivity index (χ4n) is 1.10. The van der Waals surface area contributed by atoms with Crippen LogP contribution in [-0.4, -0.2) is 0 Å². The first-order valence-electron chi connectivity index (χ1n) is 4.55. The first-order chi connectivity index (χ1) is 6.76. The molecule has 0 aliphatic carbocycles. The van der Waals surface area contributed by atoms with Crippen LogP contribution in [0.2, 0.25) is 0 Å². The molecule has 0 heterocycles. The lowest BCUT2D eigenvalue weighted by Crippen LogP contribution is -1.93. The molecule has 0 fully saturated rings. The van der Waals surface area contributed by atoms with Crippen molar-refractivity contribution in [2.75, 3.05) is 0 Å². The predicted molar refractivity (Wildman–Crippen MR) is 58.9 cm³/mol. The molecule has 0 aliphatic heterocycles. The van der Waals surface area contributed by atoms with E-state index in [-0.39, 0.29) is 0 Å². The SMILES string of the molecule is C/C=C(\C=C/N)Oc1cccc(C)c1. The van der Waals surface area contributed by atoms with Gasteiger partial charge in [0.1, 0.15) is 11.5 Å². The van der Waals surface area contributed by atoms with E-state index in [4.69, 9.17) is 10.5 Å². The molecule has 0 saturated heterocycles. The summed E-state index contributed by atoms with van der Waals surface area (Å²) in [5.41, 5.74) is 6.46. The van der Waals surface area contributed by atoms with Crippen molar-refractivity contribution in [1.29, 1.82) is 0 Å². The van der Waals surface area contributed by atoms with E-state index in [0.29, 0.717) is 0 Å². The average molecular weight is 189 g/mol. The number of rotatable bonds is 3. The third-order valence-electron chi connectivity index (χ3n) is 1.77. The molecule has 2 nitrogen and oxygen atoms in total. The summed E-state index contributed by atoms with van der Waals surface area (Å²) in [7, 11) is 0. The third kappa shape index (κ3) is 2.98. The molecule has 14 heavy (non-hydrogen) atoms. The van der Waals surface area contributed by atoms with Crippen molar-refractivity contribution in [3.63, 3.8) is 0 Å². The van der Waals surface area contributed by atoms with Crippen molar-refractivity contribution < 1.29 is 4.74 Å². The standard InChI is InChI=1S/C12H15NO/c1-3-11(7-8-13)14-12-6-4-5-10(2)9-12/h3-9H,13H2,1-2H3/b8-7-,11-3+. The molecule has 0 unspecified atom stereocenters. The molecule has 74 valence electrons. The zero-order valence-electron chi connectivity index (χ0n) is 8.53. The van der Waals surface area contributed by atoms with E-state index in [2.05, 4.69) is 0 Å². The van der Waals surface area contributed by atoms with Gasteiger partial charge in [-0.05, 0) is 49.9 Å². The Kier molecular flexibility index (Phi) is 3.80. The molecule has 0 aliphatic rings. The van der Waals surface area contributed by atoms with Gasteiger partial charge in [0, 0.05) is 0 Å². The van der Waals surface area contributed by atoms with Crippen LogP contribution in [0.15, 0.2) is 48.4 Å². The minimum atomic E-state index is 0.748. The summed E-state index contributed by atoms with van der Waals surface area (Å²) in [6.07, 6.45) is 5.05. The second kappa shape index (κ2) is 5.12. The maximum atomic E-state index is 5.58. The van der Waals surface area contributed by atoms with E-state index >= 15 is 0 Å². The fourth-order valence-corrected chi connectivity index (χ4v) is 1.10. The van der Waals surface area contributed by atoms with Gasteiger partial charge in [0.05, 0.1) is 0 Å². The number of hydrogen-bond acceptors (Lipinski definition) is 2. The highest BCUT2D eigenvalue weighted by atomic mass is 16.5. The van der Waals surface area contributed by atoms with Crippen molar-refractivity contribution in [2.45, 2.75) is 13.8 Å². The third-order valence-corrected chi connectivity index (χ3v) is 1.77. The Hall–Kier alpha value is -1.70. The molecule has 0 spiro atoms. The van der Waals surface area contributed by atoms with E-state index < -0.39 is 0 Å². The molecule has 2 heteroatoms. The Balaban J connectivity index is 2.77. The van der Waals surface area contributed by atoms with Gasteiger partial charge in [-0.3, -0.25) is 0 Å². The highest BCUT2D eigenvalue weighted by Gasteiger charge is 1.95. The van der Waals surface area contributed by atoms with Crippen molar-refractivity contribution in [3.8, 4) is 5.75 Å². The minimum absolute atomic E-state index is 0.748. The maximum Gasteiger partial charge on any atom is 0.127 e. The molecule has 0 atom stereocenters. The first-order valence-corrected chi connectivity index (χ1v) is 4.55. The highest BCUT2D eigenvalue weighted by molar-refractivity contribution is 5.30. The van der Waals surface area contributed by atoms with Crippen molar-refractivity contribution in [3.05, 3.63) is 53.9 Å². The van der Waals surface area contributed by atoms with Gasteiger partial charge in [-0.1, -0.05) is 12.1 Å². The highest BCUT2D eigenvalue weighted by Crippen LogP contribution is 2.15. The zero-order valence-corrected chi connectivity index (χ0v) is 8.53.